The average Bonchev–Trinajstić information content (AvgIpc) is 3.25. The van der Waals surface area contributed by atoms with E-state index in [1.54, 1.807) is 36.5 Å². The molecule has 0 bridgehead atoms. The molecule has 2 heterocycles. The molecule has 0 aliphatic carbocycles. The van der Waals surface area contributed by atoms with Crippen molar-refractivity contribution >= 4 is 38.5 Å². The zero-order chi connectivity index (χ0) is 19.5. The van der Waals surface area contributed by atoms with Gasteiger partial charge in [0, 0.05) is 23.9 Å². The fourth-order valence-electron chi connectivity index (χ4n) is 2.78. The number of carbonyl (C=O) groups is 2. The van der Waals surface area contributed by atoms with Gasteiger partial charge in [-0.1, -0.05) is 35.6 Å². The van der Waals surface area contributed by atoms with Gasteiger partial charge in [-0.05, 0) is 31.2 Å². The summed E-state index contributed by atoms with van der Waals surface area (Å²) >= 11 is 1.62. The molecular formula is C21H16N2O4S. The number of carbonyl (C=O) groups excluding carboxylic acids is 2. The maximum Gasteiger partial charge on any atom is 0.336 e. The molecule has 0 fully saturated rings. The molecule has 0 N–H and O–H groups in total. The monoisotopic (exact) mass is 392 g/mol. The third-order valence-electron chi connectivity index (χ3n) is 3.99. The molecule has 0 unspecified atom stereocenters. The first-order chi connectivity index (χ1) is 13.6. The summed E-state index contributed by atoms with van der Waals surface area (Å²) in [7, 11) is 0. The predicted octanol–water partition coefficient (Wildman–Crippen LogP) is 4.24. The Morgan fingerprint density at radius 2 is 1.93 bits per heavy atom. The highest BCUT2D eigenvalue weighted by Gasteiger charge is 2.11. The second-order valence-electron chi connectivity index (χ2n) is 5.88. The van der Waals surface area contributed by atoms with E-state index in [2.05, 4.69) is 21.5 Å². The molecule has 0 aliphatic rings. The Balaban J connectivity index is 1.56. The molecule has 28 heavy (non-hydrogen) atoms. The van der Waals surface area contributed by atoms with Gasteiger partial charge in [-0.3, -0.25) is 4.40 Å². The number of fused-ring (bicyclic) bond motifs is 3. The van der Waals surface area contributed by atoms with E-state index < -0.39 is 11.9 Å². The summed E-state index contributed by atoms with van der Waals surface area (Å²) < 4.78 is 13.2. The molecule has 4 aromatic rings. The molecule has 0 amide bonds. The third kappa shape index (κ3) is 3.65. The quantitative estimate of drug-likeness (QED) is 0.289. The minimum Gasteiger partial charge on any atom is -0.463 e. The van der Waals surface area contributed by atoms with Crippen molar-refractivity contribution in [2.75, 3.05) is 6.61 Å². The van der Waals surface area contributed by atoms with E-state index in [4.69, 9.17) is 9.47 Å². The highest BCUT2D eigenvalue weighted by molar-refractivity contribution is 7.23. The van der Waals surface area contributed by atoms with Crippen molar-refractivity contribution in [1.29, 1.82) is 0 Å². The minimum absolute atomic E-state index is 0.248. The number of para-hydroxylation sites is 1. The van der Waals surface area contributed by atoms with E-state index >= 15 is 0 Å². The summed E-state index contributed by atoms with van der Waals surface area (Å²) in [6, 6.07) is 15.2. The van der Waals surface area contributed by atoms with E-state index in [9.17, 15) is 9.59 Å². The number of ether oxygens (including phenoxy) is 2. The Morgan fingerprint density at radius 1 is 1.11 bits per heavy atom. The lowest BCUT2D eigenvalue weighted by Gasteiger charge is -2.03. The summed E-state index contributed by atoms with van der Waals surface area (Å²) in [6.45, 7) is 1.94. The van der Waals surface area contributed by atoms with Crippen molar-refractivity contribution < 1.29 is 19.1 Å². The number of hydrogen-bond donors (Lipinski definition) is 0. The second kappa shape index (κ2) is 7.66. The summed E-state index contributed by atoms with van der Waals surface area (Å²) in [5, 5.41) is 0. The lowest BCUT2D eigenvalue weighted by molar-refractivity contribution is -0.138. The number of benzene rings is 2. The van der Waals surface area contributed by atoms with E-state index in [0.29, 0.717) is 5.75 Å². The molecule has 140 valence electrons. The molecule has 0 spiro atoms. The highest BCUT2D eigenvalue weighted by Crippen LogP contribution is 2.30. The number of imidazole rings is 1. The van der Waals surface area contributed by atoms with Gasteiger partial charge in [0.25, 0.3) is 0 Å². The summed E-state index contributed by atoms with van der Waals surface area (Å²) in [6.07, 6.45) is 4.06. The van der Waals surface area contributed by atoms with Crippen LogP contribution in [0.3, 0.4) is 0 Å². The molecule has 0 saturated carbocycles. The maximum absolute atomic E-state index is 11.9. The molecule has 7 heteroatoms. The smallest absolute Gasteiger partial charge is 0.336 e. The third-order valence-corrected chi connectivity index (χ3v) is 5.03. The number of thiazole rings is 1. The van der Waals surface area contributed by atoms with Gasteiger partial charge in [-0.25, -0.2) is 14.6 Å². The maximum atomic E-state index is 11.9. The normalized spacial score (nSPS) is 11.3. The Bertz CT molecular complexity index is 1210. The first-order valence-corrected chi connectivity index (χ1v) is 9.49. The van der Waals surface area contributed by atoms with Crippen LogP contribution in [0.4, 0.5) is 0 Å². The van der Waals surface area contributed by atoms with Gasteiger partial charge in [0.15, 0.2) is 4.96 Å². The molecule has 0 saturated heterocycles. The zero-order valence-electron chi connectivity index (χ0n) is 15.0. The minimum atomic E-state index is -0.651. The number of hydrogen-bond acceptors (Lipinski definition) is 6. The first kappa shape index (κ1) is 17.9. The molecule has 0 atom stereocenters. The van der Waals surface area contributed by atoms with Crippen LogP contribution < -0.4 is 4.74 Å². The van der Waals surface area contributed by atoms with Crippen LogP contribution in [0.2, 0.25) is 0 Å². The lowest BCUT2D eigenvalue weighted by atomic mass is 10.1. The van der Waals surface area contributed by atoms with Gasteiger partial charge in [-0.15, -0.1) is 0 Å². The van der Waals surface area contributed by atoms with Gasteiger partial charge in [-0.2, -0.15) is 0 Å². The number of aromatic nitrogens is 2. The summed E-state index contributed by atoms with van der Waals surface area (Å²) in [4.78, 5) is 28.7. The lowest BCUT2D eigenvalue weighted by Crippen LogP contribution is -2.06. The molecule has 6 nitrogen and oxygen atoms in total. The van der Waals surface area contributed by atoms with Crippen LogP contribution in [0.15, 0.2) is 66.9 Å². The molecular weight excluding hydrogens is 376 g/mol. The van der Waals surface area contributed by atoms with Crippen molar-refractivity contribution in [3.63, 3.8) is 0 Å². The van der Waals surface area contributed by atoms with Gasteiger partial charge in [0.1, 0.15) is 5.75 Å². The van der Waals surface area contributed by atoms with Crippen molar-refractivity contribution in [1.82, 2.24) is 9.38 Å². The summed E-state index contributed by atoms with van der Waals surface area (Å²) in [5.74, 6) is -0.863. The Kier molecular flexibility index (Phi) is 4.90. The van der Waals surface area contributed by atoms with Gasteiger partial charge in [0.05, 0.1) is 22.5 Å². The van der Waals surface area contributed by atoms with Crippen LogP contribution in [-0.4, -0.2) is 27.9 Å². The average molecular weight is 392 g/mol. The standard InChI is InChI=1S/C21H16N2O4S/c1-2-26-19(24)10-11-20(25)27-15-7-5-6-14(12-15)16-13-23-17-8-3-4-9-18(17)28-21(23)22-16/h3-13H,2H2,1H3/b11-10+. The zero-order valence-corrected chi connectivity index (χ0v) is 15.8. The Labute approximate surface area is 164 Å². The van der Waals surface area contributed by atoms with Gasteiger partial charge >= 0.3 is 11.9 Å². The molecule has 0 aliphatic heterocycles. The number of rotatable bonds is 5. The van der Waals surface area contributed by atoms with E-state index in [1.807, 2.05) is 24.4 Å². The summed E-state index contributed by atoms with van der Waals surface area (Å²) in [5.41, 5.74) is 2.73. The second-order valence-corrected chi connectivity index (χ2v) is 6.89. The van der Waals surface area contributed by atoms with Crippen LogP contribution >= 0.6 is 11.3 Å². The van der Waals surface area contributed by atoms with E-state index in [-0.39, 0.29) is 6.61 Å². The SMILES string of the molecule is CCOC(=O)/C=C/C(=O)Oc1cccc(-c2cn3c(n2)sc2ccccc23)c1. The molecule has 0 radical (unpaired) electrons. The number of esters is 2. The van der Waals surface area contributed by atoms with Crippen LogP contribution in [-0.2, 0) is 14.3 Å². The van der Waals surface area contributed by atoms with E-state index in [1.165, 1.54) is 4.70 Å². The molecule has 4 rings (SSSR count). The largest absolute Gasteiger partial charge is 0.463 e. The Hall–Kier alpha value is -3.45. The van der Waals surface area contributed by atoms with Crippen molar-refractivity contribution in [3.8, 4) is 17.0 Å². The van der Waals surface area contributed by atoms with Crippen LogP contribution in [0, 0.1) is 0 Å². The number of nitrogens with zero attached hydrogens (tertiary/aromatic N) is 2. The molecule has 2 aromatic carbocycles. The fourth-order valence-corrected chi connectivity index (χ4v) is 3.79. The topological polar surface area (TPSA) is 69.9 Å². The highest BCUT2D eigenvalue weighted by atomic mass is 32.1. The Morgan fingerprint density at radius 3 is 2.79 bits per heavy atom. The van der Waals surface area contributed by atoms with E-state index in [0.717, 1.165) is 33.9 Å². The molecule has 2 aromatic heterocycles. The fraction of sp³-hybridized carbons (Fsp3) is 0.0952. The predicted molar refractivity (Wildman–Crippen MR) is 107 cm³/mol. The van der Waals surface area contributed by atoms with Crippen LogP contribution in [0.5, 0.6) is 5.75 Å². The first-order valence-electron chi connectivity index (χ1n) is 8.68. The van der Waals surface area contributed by atoms with Crippen molar-refractivity contribution in [2.24, 2.45) is 0 Å². The van der Waals surface area contributed by atoms with Crippen LogP contribution in [0.1, 0.15) is 6.92 Å². The van der Waals surface area contributed by atoms with Crippen molar-refractivity contribution in [2.45, 2.75) is 6.92 Å². The van der Waals surface area contributed by atoms with Crippen molar-refractivity contribution in [3.05, 3.63) is 66.9 Å². The van der Waals surface area contributed by atoms with Gasteiger partial charge < -0.3 is 9.47 Å². The van der Waals surface area contributed by atoms with Gasteiger partial charge in [0.2, 0.25) is 0 Å². The van der Waals surface area contributed by atoms with Crippen LogP contribution in [0.25, 0.3) is 26.4 Å².